The molecule has 0 aliphatic heterocycles. The van der Waals surface area contributed by atoms with Gasteiger partial charge in [-0.3, -0.25) is 9.59 Å². The third-order valence-electron chi connectivity index (χ3n) is 4.29. The Balaban J connectivity index is 2.21. The molecular weight excluding hydrogens is 356 g/mol. The molecule has 0 bridgehead atoms. The number of esters is 1. The van der Waals surface area contributed by atoms with Gasteiger partial charge in [0.05, 0.1) is 12.2 Å². The molecule has 0 saturated carbocycles. The van der Waals surface area contributed by atoms with E-state index in [1.54, 1.807) is 36.1 Å². The monoisotopic (exact) mass is 382 g/mol. The number of carbonyl (C=O) groups excluding carboxylic acids is 3. The highest BCUT2D eigenvalue weighted by Gasteiger charge is 2.21. The van der Waals surface area contributed by atoms with Gasteiger partial charge in [0.25, 0.3) is 0 Å². The zero-order valence-corrected chi connectivity index (χ0v) is 16.8. The summed E-state index contributed by atoms with van der Waals surface area (Å²) in [6.07, 6.45) is 0. The van der Waals surface area contributed by atoms with Crippen LogP contribution >= 0.6 is 0 Å². The Morgan fingerprint density at radius 2 is 1.61 bits per heavy atom. The van der Waals surface area contributed by atoms with Crippen LogP contribution in [0.25, 0.3) is 0 Å². The minimum atomic E-state index is -0.420. The predicted octanol–water partition coefficient (Wildman–Crippen LogP) is 3.58. The van der Waals surface area contributed by atoms with Gasteiger partial charge in [0.2, 0.25) is 11.8 Å². The molecular formula is C22H26N2O4. The fourth-order valence-electron chi connectivity index (χ4n) is 2.90. The van der Waals surface area contributed by atoms with Crippen LogP contribution < -0.4 is 9.80 Å². The lowest BCUT2D eigenvalue weighted by Crippen LogP contribution is -2.42. The minimum Gasteiger partial charge on any atom is -0.462 e. The van der Waals surface area contributed by atoms with Gasteiger partial charge < -0.3 is 14.5 Å². The van der Waals surface area contributed by atoms with Crippen molar-refractivity contribution in [3.8, 4) is 0 Å². The van der Waals surface area contributed by atoms with E-state index in [-0.39, 0.29) is 18.4 Å². The summed E-state index contributed by atoms with van der Waals surface area (Å²) >= 11 is 0. The van der Waals surface area contributed by atoms with Crippen LogP contribution in [0.3, 0.4) is 0 Å². The number of anilines is 2. The van der Waals surface area contributed by atoms with Crippen LogP contribution in [0.15, 0.2) is 48.5 Å². The predicted molar refractivity (Wildman–Crippen MR) is 110 cm³/mol. The van der Waals surface area contributed by atoms with Gasteiger partial charge in [-0.25, -0.2) is 4.79 Å². The van der Waals surface area contributed by atoms with Gasteiger partial charge >= 0.3 is 5.97 Å². The number of amides is 2. The molecule has 0 heterocycles. The van der Waals surface area contributed by atoms with Crippen molar-refractivity contribution in [2.24, 2.45) is 0 Å². The van der Waals surface area contributed by atoms with Crippen molar-refractivity contribution in [2.75, 3.05) is 29.5 Å². The lowest BCUT2D eigenvalue weighted by Gasteiger charge is -2.26. The molecule has 0 radical (unpaired) electrons. The lowest BCUT2D eigenvalue weighted by atomic mass is 10.2. The highest BCUT2D eigenvalue weighted by Crippen LogP contribution is 2.19. The molecule has 2 amide bonds. The number of hydrogen-bond donors (Lipinski definition) is 0. The largest absolute Gasteiger partial charge is 0.462 e. The summed E-state index contributed by atoms with van der Waals surface area (Å²) in [6.45, 7) is 7.71. The van der Waals surface area contributed by atoms with Gasteiger partial charge in [0, 0.05) is 24.8 Å². The maximum absolute atomic E-state index is 12.9. The molecule has 0 saturated heterocycles. The van der Waals surface area contributed by atoms with Gasteiger partial charge in [0.15, 0.2) is 0 Å². The average Bonchev–Trinajstić information content (AvgIpc) is 2.67. The topological polar surface area (TPSA) is 66.9 Å². The summed E-state index contributed by atoms with van der Waals surface area (Å²) in [5.74, 6) is -0.855. The molecule has 6 heteroatoms. The summed E-state index contributed by atoms with van der Waals surface area (Å²) < 4.78 is 4.96. The van der Waals surface area contributed by atoms with Crippen molar-refractivity contribution in [3.63, 3.8) is 0 Å². The third kappa shape index (κ3) is 5.19. The second-order valence-corrected chi connectivity index (χ2v) is 6.35. The maximum atomic E-state index is 12.9. The summed E-state index contributed by atoms with van der Waals surface area (Å²) in [5.41, 5.74) is 2.81. The van der Waals surface area contributed by atoms with Crippen LogP contribution in [0.4, 0.5) is 11.4 Å². The van der Waals surface area contributed by atoms with E-state index in [1.807, 2.05) is 38.1 Å². The molecule has 0 fully saturated rings. The van der Waals surface area contributed by atoms with Crippen molar-refractivity contribution >= 4 is 29.2 Å². The average molecular weight is 382 g/mol. The zero-order chi connectivity index (χ0) is 20.7. The molecule has 0 atom stereocenters. The molecule has 0 spiro atoms. The molecule has 0 aliphatic rings. The second kappa shape index (κ2) is 9.69. The normalized spacial score (nSPS) is 10.3. The van der Waals surface area contributed by atoms with E-state index in [0.717, 1.165) is 11.3 Å². The van der Waals surface area contributed by atoms with Crippen LogP contribution in [-0.4, -0.2) is 37.5 Å². The van der Waals surface area contributed by atoms with Gasteiger partial charge in [0.1, 0.15) is 6.54 Å². The van der Waals surface area contributed by atoms with Crippen LogP contribution in [0, 0.1) is 6.92 Å². The molecule has 2 aromatic carbocycles. The van der Waals surface area contributed by atoms with Crippen molar-refractivity contribution < 1.29 is 19.1 Å². The highest BCUT2D eigenvalue weighted by molar-refractivity contribution is 6.03. The summed E-state index contributed by atoms with van der Waals surface area (Å²) in [7, 11) is 0. The number of ether oxygens (including phenoxy) is 1. The SMILES string of the molecule is CCOC(=O)c1ccc(N(CC(=O)N(CC)c2cccc(C)c2)C(C)=O)cc1. The smallest absolute Gasteiger partial charge is 0.338 e. The van der Waals surface area contributed by atoms with Crippen molar-refractivity contribution in [2.45, 2.75) is 27.7 Å². The maximum Gasteiger partial charge on any atom is 0.338 e. The van der Waals surface area contributed by atoms with Crippen molar-refractivity contribution in [1.82, 2.24) is 0 Å². The number of nitrogens with zero attached hydrogens (tertiary/aromatic N) is 2. The summed E-state index contributed by atoms with van der Waals surface area (Å²) in [6, 6.07) is 14.1. The standard InChI is InChI=1S/C22H26N2O4/c1-5-23(20-9-7-8-16(3)14-20)21(26)15-24(17(4)25)19-12-10-18(11-13-19)22(27)28-6-2/h7-14H,5-6,15H2,1-4H3. The number of benzene rings is 2. The fourth-order valence-corrected chi connectivity index (χ4v) is 2.90. The van der Waals surface area contributed by atoms with Crippen LogP contribution in [0.2, 0.25) is 0 Å². The number of carbonyl (C=O) groups is 3. The van der Waals surface area contributed by atoms with Gasteiger partial charge in [-0.15, -0.1) is 0 Å². The quantitative estimate of drug-likeness (QED) is 0.687. The molecule has 0 aliphatic carbocycles. The van der Waals surface area contributed by atoms with E-state index in [0.29, 0.717) is 24.4 Å². The minimum absolute atomic E-state index is 0.0874. The molecule has 0 N–H and O–H groups in total. The number of likely N-dealkylation sites (N-methyl/N-ethyl adjacent to an activating group) is 1. The van der Waals surface area contributed by atoms with Crippen molar-refractivity contribution in [3.05, 3.63) is 59.7 Å². The molecule has 0 unspecified atom stereocenters. The van der Waals surface area contributed by atoms with Gasteiger partial charge in [-0.2, -0.15) is 0 Å². The first-order valence-electron chi connectivity index (χ1n) is 9.29. The zero-order valence-electron chi connectivity index (χ0n) is 16.8. The van der Waals surface area contributed by atoms with Crippen LogP contribution in [0.1, 0.15) is 36.7 Å². The van der Waals surface area contributed by atoms with Crippen LogP contribution in [0.5, 0.6) is 0 Å². The van der Waals surface area contributed by atoms with E-state index < -0.39 is 5.97 Å². The second-order valence-electron chi connectivity index (χ2n) is 6.35. The molecule has 2 aromatic rings. The number of hydrogen-bond acceptors (Lipinski definition) is 4. The molecule has 6 nitrogen and oxygen atoms in total. The fraction of sp³-hybridized carbons (Fsp3) is 0.318. The van der Waals surface area contributed by atoms with E-state index in [1.165, 1.54) is 11.8 Å². The van der Waals surface area contributed by atoms with E-state index in [9.17, 15) is 14.4 Å². The van der Waals surface area contributed by atoms with Crippen LogP contribution in [-0.2, 0) is 14.3 Å². The van der Waals surface area contributed by atoms with Gasteiger partial charge in [-0.05, 0) is 62.7 Å². The highest BCUT2D eigenvalue weighted by atomic mass is 16.5. The van der Waals surface area contributed by atoms with Crippen molar-refractivity contribution in [1.29, 1.82) is 0 Å². The Labute approximate surface area is 165 Å². The molecule has 2 rings (SSSR count). The van der Waals surface area contributed by atoms with E-state index in [2.05, 4.69) is 0 Å². The van der Waals surface area contributed by atoms with E-state index >= 15 is 0 Å². The summed E-state index contributed by atoms with van der Waals surface area (Å²) in [4.78, 5) is 39.9. The first-order valence-corrected chi connectivity index (χ1v) is 9.29. The first kappa shape index (κ1) is 21.2. The molecule has 0 aromatic heterocycles. The number of aryl methyl sites for hydroxylation is 1. The Kier molecular flexibility index (Phi) is 7.32. The van der Waals surface area contributed by atoms with E-state index in [4.69, 9.17) is 4.74 Å². The molecule has 28 heavy (non-hydrogen) atoms. The molecule has 148 valence electrons. The summed E-state index contributed by atoms with van der Waals surface area (Å²) in [5, 5.41) is 0. The lowest BCUT2D eigenvalue weighted by molar-refractivity contribution is -0.121. The van der Waals surface area contributed by atoms with Gasteiger partial charge in [-0.1, -0.05) is 12.1 Å². The Morgan fingerprint density at radius 3 is 2.14 bits per heavy atom. The third-order valence-corrected chi connectivity index (χ3v) is 4.29. The Morgan fingerprint density at radius 1 is 0.929 bits per heavy atom. The first-order chi connectivity index (χ1) is 13.4. The Hall–Kier alpha value is -3.15. The number of rotatable bonds is 7. The Bertz CT molecular complexity index is 846.